The molecular weight excluding hydrogens is 444 g/mol. The van der Waals surface area contributed by atoms with Crippen molar-refractivity contribution in [3.8, 4) is 5.75 Å². The lowest BCUT2D eigenvalue weighted by Crippen LogP contribution is -2.35. The number of ether oxygens (including phenoxy) is 2. The maximum atomic E-state index is 12.6. The lowest BCUT2D eigenvalue weighted by atomic mass is 10.1. The number of rotatable bonds is 7. The number of fused-ring (bicyclic) bond motifs is 1. The van der Waals surface area contributed by atoms with Crippen LogP contribution in [0.1, 0.15) is 36.6 Å². The summed E-state index contributed by atoms with van der Waals surface area (Å²) >= 11 is 0. The summed E-state index contributed by atoms with van der Waals surface area (Å²) in [7, 11) is 0. The van der Waals surface area contributed by atoms with Crippen LogP contribution < -0.4 is 4.74 Å². The van der Waals surface area contributed by atoms with Crippen LogP contribution in [0.15, 0.2) is 72.8 Å². The van der Waals surface area contributed by atoms with Crippen LogP contribution in [0.4, 0.5) is 5.69 Å². The summed E-state index contributed by atoms with van der Waals surface area (Å²) in [5.41, 5.74) is -0.281. The molecule has 0 unspecified atom stereocenters. The molecule has 3 aromatic rings. The van der Waals surface area contributed by atoms with E-state index in [1.807, 2.05) is 0 Å². The zero-order valence-electron chi connectivity index (χ0n) is 17.5. The second kappa shape index (κ2) is 9.33. The normalized spacial score (nSPS) is 12.3. The minimum atomic E-state index is -0.935. The highest BCUT2D eigenvalue weighted by atomic mass is 16.6. The first-order valence-corrected chi connectivity index (χ1v) is 10.0. The zero-order valence-corrected chi connectivity index (χ0v) is 17.5. The first kappa shape index (κ1) is 22.3. The molecule has 10 nitrogen and oxygen atoms in total. The molecule has 0 bridgehead atoms. The summed E-state index contributed by atoms with van der Waals surface area (Å²) in [6.45, 7) is -0.937. The molecule has 0 aliphatic carbocycles. The minimum absolute atomic E-state index is 0.142. The highest BCUT2D eigenvalue weighted by Crippen LogP contribution is 2.30. The van der Waals surface area contributed by atoms with Crippen LogP contribution in [0.3, 0.4) is 0 Å². The highest BCUT2D eigenvalue weighted by Gasteiger charge is 2.41. The molecule has 1 aliphatic rings. The third-order valence-electron chi connectivity index (χ3n) is 4.98. The molecule has 0 saturated heterocycles. The standard InChI is InChI=1S/C24H16N2O8/c27-20(13-25-22(28)18-10-5-11-19(26(31)32)21(18)23(25)29)33-14-15-6-4-7-16(12-15)24(30)34-17-8-2-1-3-9-17/h1-12H,13-14H2. The van der Waals surface area contributed by atoms with E-state index in [9.17, 15) is 29.3 Å². The molecule has 10 heteroatoms. The molecule has 34 heavy (non-hydrogen) atoms. The third-order valence-corrected chi connectivity index (χ3v) is 4.98. The van der Waals surface area contributed by atoms with Gasteiger partial charge in [-0.05, 0) is 35.9 Å². The molecule has 170 valence electrons. The zero-order chi connectivity index (χ0) is 24.2. The first-order chi connectivity index (χ1) is 16.3. The number of carbonyl (C=O) groups is 4. The molecule has 2 amide bonds. The molecule has 0 saturated carbocycles. The summed E-state index contributed by atoms with van der Waals surface area (Å²) < 4.78 is 10.4. The average molecular weight is 460 g/mol. The Bertz CT molecular complexity index is 1320. The number of para-hydroxylation sites is 1. The molecule has 4 rings (SSSR count). The summed E-state index contributed by atoms with van der Waals surface area (Å²) in [5, 5.41) is 11.2. The van der Waals surface area contributed by atoms with E-state index < -0.39 is 40.9 Å². The fourth-order valence-electron chi connectivity index (χ4n) is 3.39. The van der Waals surface area contributed by atoms with Crippen molar-refractivity contribution >= 4 is 29.4 Å². The summed E-state index contributed by atoms with van der Waals surface area (Å²) in [4.78, 5) is 60.7. The largest absolute Gasteiger partial charge is 0.459 e. The number of nitro groups is 1. The molecule has 0 N–H and O–H groups in total. The molecule has 1 aliphatic heterocycles. The van der Waals surface area contributed by atoms with Crippen molar-refractivity contribution in [2.24, 2.45) is 0 Å². The molecule has 3 aromatic carbocycles. The van der Waals surface area contributed by atoms with Crippen LogP contribution in [0.5, 0.6) is 5.75 Å². The highest BCUT2D eigenvalue weighted by molar-refractivity contribution is 6.24. The van der Waals surface area contributed by atoms with Gasteiger partial charge in [0.1, 0.15) is 24.5 Å². The summed E-state index contributed by atoms with van der Waals surface area (Å²) in [5.74, 6) is -2.85. The topological polar surface area (TPSA) is 133 Å². The lowest BCUT2D eigenvalue weighted by molar-refractivity contribution is -0.385. The van der Waals surface area contributed by atoms with Crippen LogP contribution in [0.2, 0.25) is 0 Å². The average Bonchev–Trinajstić information content (AvgIpc) is 3.08. The van der Waals surface area contributed by atoms with Crippen molar-refractivity contribution in [2.45, 2.75) is 6.61 Å². The Labute approximate surface area is 192 Å². The molecule has 0 spiro atoms. The number of benzene rings is 3. The van der Waals surface area contributed by atoms with Crippen LogP contribution in [0.25, 0.3) is 0 Å². The van der Waals surface area contributed by atoms with E-state index in [2.05, 4.69) is 0 Å². The Balaban J connectivity index is 1.38. The number of nitro benzene ring substituents is 1. The molecule has 1 heterocycles. The smallest absolute Gasteiger partial charge is 0.343 e. The van der Waals surface area contributed by atoms with Gasteiger partial charge >= 0.3 is 11.9 Å². The van der Waals surface area contributed by atoms with E-state index in [4.69, 9.17) is 9.47 Å². The van der Waals surface area contributed by atoms with Gasteiger partial charge < -0.3 is 9.47 Å². The quantitative estimate of drug-likeness (QED) is 0.173. The summed E-state index contributed by atoms with van der Waals surface area (Å²) in [6, 6.07) is 18.5. The number of imide groups is 1. The van der Waals surface area contributed by atoms with Crippen molar-refractivity contribution in [2.75, 3.05) is 6.54 Å². The number of nitrogens with zero attached hydrogens (tertiary/aromatic N) is 2. The van der Waals surface area contributed by atoms with Gasteiger partial charge in [-0.3, -0.25) is 29.4 Å². The Morgan fingerprint density at radius 1 is 0.912 bits per heavy atom. The molecule has 0 radical (unpaired) electrons. The Morgan fingerprint density at radius 2 is 1.65 bits per heavy atom. The van der Waals surface area contributed by atoms with E-state index >= 15 is 0 Å². The van der Waals surface area contributed by atoms with Crippen LogP contribution >= 0.6 is 0 Å². The fourth-order valence-corrected chi connectivity index (χ4v) is 3.39. The van der Waals surface area contributed by atoms with E-state index in [-0.39, 0.29) is 23.3 Å². The van der Waals surface area contributed by atoms with Crippen molar-refractivity contribution < 1.29 is 33.6 Å². The van der Waals surface area contributed by atoms with Crippen molar-refractivity contribution in [1.29, 1.82) is 0 Å². The van der Waals surface area contributed by atoms with Crippen molar-refractivity contribution in [3.05, 3.63) is 105 Å². The second-order valence-electron chi connectivity index (χ2n) is 7.22. The molecular formula is C24H16N2O8. The Morgan fingerprint density at radius 3 is 2.38 bits per heavy atom. The summed E-state index contributed by atoms with van der Waals surface area (Å²) in [6.07, 6.45) is 0. The van der Waals surface area contributed by atoms with Gasteiger partial charge in [-0.15, -0.1) is 0 Å². The monoisotopic (exact) mass is 460 g/mol. The number of hydrogen-bond acceptors (Lipinski definition) is 8. The minimum Gasteiger partial charge on any atom is -0.459 e. The Kier molecular flexibility index (Phi) is 6.13. The second-order valence-corrected chi connectivity index (χ2v) is 7.22. The van der Waals surface area contributed by atoms with Gasteiger partial charge in [0, 0.05) is 6.07 Å². The number of hydrogen-bond donors (Lipinski definition) is 0. The first-order valence-electron chi connectivity index (χ1n) is 10.0. The molecule has 0 atom stereocenters. The van der Waals surface area contributed by atoms with E-state index in [0.717, 1.165) is 6.07 Å². The van der Waals surface area contributed by atoms with Gasteiger partial charge in [0.15, 0.2) is 0 Å². The van der Waals surface area contributed by atoms with Crippen molar-refractivity contribution in [3.63, 3.8) is 0 Å². The third kappa shape index (κ3) is 4.51. The SMILES string of the molecule is O=C(CN1C(=O)c2cccc([N+](=O)[O-])c2C1=O)OCc1cccc(C(=O)Oc2ccccc2)c1. The predicted octanol–water partition coefficient (Wildman–Crippen LogP) is 3.15. The van der Waals surface area contributed by atoms with E-state index in [0.29, 0.717) is 16.2 Å². The van der Waals surface area contributed by atoms with Gasteiger partial charge in [0.2, 0.25) is 0 Å². The van der Waals surface area contributed by atoms with Gasteiger partial charge in [-0.1, -0.05) is 36.4 Å². The predicted molar refractivity (Wildman–Crippen MR) is 116 cm³/mol. The van der Waals surface area contributed by atoms with Crippen molar-refractivity contribution in [1.82, 2.24) is 4.90 Å². The fraction of sp³-hybridized carbons (Fsp3) is 0.0833. The lowest BCUT2D eigenvalue weighted by Gasteiger charge is -2.13. The molecule has 0 fully saturated rings. The maximum absolute atomic E-state index is 12.6. The molecule has 0 aromatic heterocycles. The van der Waals surface area contributed by atoms with Crippen LogP contribution in [0, 0.1) is 10.1 Å². The van der Waals surface area contributed by atoms with E-state index in [1.54, 1.807) is 48.5 Å². The Hall–Kier alpha value is -4.86. The number of esters is 2. The van der Waals surface area contributed by atoms with Gasteiger partial charge in [-0.2, -0.15) is 0 Å². The van der Waals surface area contributed by atoms with Crippen LogP contribution in [-0.2, 0) is 16.1 Å². The maximum Gasteiger partial charge on any atom is 0.343 e. The number of amides is 2. The van der Waals surface area contributed by atoms with Crippen LogP contribution in [-0.4, -0.2) is 40.1 Å². The number of carbonyl (C=O) groups excluding carboxylic acids is 4. The van der Waals surface area contributed by atoms with E-state index in [1.165, 1.54) is 18.2 Å². The van der Waals surface area contributed by atoms with Gasteiger partial charge in [0.05, 0.1) is 16.1 Å². The van der Waals surface area contributed by atoms with Gasteiger partial charge in [-0.25, -0.2) is 4.79 Å². The van der Waals surface area contributed by atoms with Gasteiger partial charge in [0.25, 0.3) is 17.5 Å².